The van der Waals surface area contributed by atoms with Crippen molar-refractivity contribution >= 4 is 5.69 Å². The molecule has 3 atom stereocenters. The summed E-state index contributed by atoms with van der Waals surface area (Å²) in [7, 11) is 0. The number of ether oxygens (including phenoxy) is 1. The minimum absolute atomic E-state index is 0.163. The van der Waals surface area contributed by atoms with Crippen LogP contribution >= 0.6 is 0 Å². The number of β-amino-alcohol motifs (C(OH)–C–C–N with tert-alkyl or cyclic N) is 1. The molecule has 1 heterocycles. The van der Waals surface area contributed by atoms with Crippen LogP contribution in [0.15, 0.2) is 24.3 Å². The van der Waals surface area contributed by atoms with Crippen LogP contribution in [0.4, 0.5) is 10.1 Å². The van der Waals surface area contributed by atoms with Crippen LogP contribution < -0.4 is 4.90 Å². The van der Waals surface area contributed by atoms with Gasteiger partial charge in [-0.15, -0.1) is 0 Å². The van der Waals surface area contributed by atoms with Gasteiger partial charge in [-0.2, -0.15) is 0 Å². The molecule has 1 aromatic rings. The van der Waals surface area contributed by atoms with Gasteiger partial charge in [0.15, 0.2) is 0 Å². The zero-order valence-corrected chi connectivity index (χ0v) is 17.0. The summed E-state index contributed by atoms with van der Waals surface area (Å²) in [4.78, 5) is 4.33. The van der Waals surface area contributed by atoms with Gasteiger partial charge >= 0.3 is 0 Å². The highest BCUT2D eigenvalue weighted by Crippen LogP contribution is 2.40. The fourth-order valence-electron chi connectivity index (χ4n) is 4.33. The number of piperazine rings is 1. The van der Waals surface area contributed by atoms with Crippen molar-refractivity contribution in [1.82, 2.24) is 4.90 Å². The van der Waals surface area contributed by atoms with Gasteiger partial charge in [-0.25, -0.2) is 4.39 Å². The van der Waals surface area contributed by atoms with Crippen LogP contribution in [0.3, 0.4) is 0 Å². The lowest BCUT2D eigenvalue weighted by Crippen LogP contribution is -2.49. The summed E-state index contributed by atoms with van der Waals surface area (Å²) in [6, 6.07) is 6.94. The molecule has 1 saturated heterocycles. The number of hydrogen-bond acceptors (Lipinski definition) is 4. The molecule has 1 aromatic carbocycles. The lowest BCUT2D eigenvalue weighted by molar-refractivity contribution is -0.0922. The lowest BCUT2D eigenvalue weighted by atomic mass is 9.71. The molecule has 2 fully saturated rings. The molecule has 1 aliphatic carbocycles. The van der Waals surface area contributed by atoms with Crippen LogP contribution in [0.1, 0.15) is 40.0 Å². The van der Waals surface area contributed by atoms with Crippen molar-refractivity contribution in [3.8, 4) is 0 Å². The monoisotopic (exact) mass is 378 g/mol. The Bertz CT molecular complexity index is 602. The van der Waals surface area contributed by atoms with Crippen molar-refractivity contribution in [3.05, 3.63) is 30.1 Å². The number of para-hydroxylation sites is 1. The number of hydrogen-bond donors (Lipinski definition) is 1. The molecule has 152 valence electrons. The second-order valence-electron chi connectivity index (χ2n) is 9.08. The highest BCUT2D eigenvalue weighted by atomic mass is 19.1. The molecule has 3 rings (SSSR count). The molecule has 1 N–H and O–H groups in total. The van der Waals surface area contributed by atoms with Crippen LogP contribution in [0.2, 0.25) is 0 Å². The highest BCUT2D eigenvalue weighted by Gasteiger charge is 2.36. The first-order chi connectivity index (χ1) is 12.8. The van der Waals surface area contributed by atoms with Gasteiger partial charge in [0.1, 0.15) is 5.82 Å². The Balaban J connectivity index is 1.42. The van der Waals surface area contributed by atoms with E-state index in [1.807, 2.05) is 12.1 Å². The minimum Gasteiger partial charge on any atom is -0.389 e. The van der Waals surface area contributed by atoms with Crippen molar-refractivity contribution in [2.24, 2.45) is 11.3 Å². The predicted molar refractivity (Wildman–Crippen MR) is 108 cm³/mol. The lowest BCUT2D eigenvalue weighted by Gasteiger charge is -2.41. The maximum atomic E-state index is 13.9. The van der Waals surface area contributed by atoms with E-state index >= 15 is 0 Å². The smallest absolute Gasteiger partial charge is 0.146 e. The number of aliphatic hydroxyl groups is 1. The van der Waals surface area contributed by atoms with Gasteiger partial charge in [0.2, 0.25) is 0 Å². The molecule has 0 aromatic heterocycles. The van der Waals surface area contributed by atoms with E-state index in [9.17, 15) is 9.50 Å². The molecule has 0 radical (unpaired) electrons. The van der Waals surface area contributed by atoms with Crippen LogP contribution in [0.5, 0.6) is 0 Å². The van der Waals surface area contributed by atoms with Gasteiger partial charge in [-0.1, -0.05) is 39.3 Å². The molecular weight excluding hydrogens is 343 g/mol. The SMILES string of the molecule is CC1CCC(C)(C)C(OCC(O)CN2CCN(c3ccccc3F)CC2)C1. The Labute approximate surface area is 163 Å². The standard InChI is InChI=1S/C22H35FN2O2/c1-17-8-9-22(2,3)21(14-17)27-16-18(26)15-24-10-12-25(13-11-24)20-7-5-4-6-19(20)23/h4-7,17-18,21,26H,8-16H2,1-3H3. The number of halogens is 1. The summed E-state index contributed by atoms with van der Waals surface area (Å²) in [5, 5.41) is 10.5. The molecule has 3 unspecified atom stereocenters. The maximum absolute atomic E-state index is 13.9. The fourth-order valence-corrected chi connectivity index (χ4v) is 4.33. The number of nitrogens with zero attached hydrogens (tertiary/aromatic N) is 2. The van der Waals surface area contributed by atoms with Crippen molar-refractivity contribution in [2.75, 3.05) is 44.2 Å². The molecular formula is C22H35FN2O2. The summed E-state index contributed by atoms with van der Waals surface area (Å²) in [5.74, 6) is 0.537. The van der Waals surface area contributed by atoms with Crippen LogP contribution in [-0.4, -0.2) is 61.5 Å². The quantitative estimate of drug-likeness (QED) is 0.821. The van der Waals surface area contributed by atoms with Crippen molar-refractivity contribution in [1.29, 1.82) is 0 Å². The Hall–Kier alpha value is -1.17. The molecule has 5 heteroatoms. The number of rotatable bonds is 6. The third-order valence-electron chi connectivity index (χ3n) is 6.29. The van der Waals surface area contributed by atoms with Gasteiger partial charge < -0.3 is 14.7 Å². The van der Waals surface area contributed by atoms with Crippen molar-refractivity contribution in [3.63, 3.8) is 0 Å². The first kappa shape index (κ1) is 20.6. The third kappa shape index (κ3) is 5.43. The zero-order valence-electron chi connectivity index (χ0n) is 17.0. The molecule has 27 heavy (non-hydrogen) atoms. The topological polar surface area (TPSA) is 35.9 Å². The van der Waals surface area contributed by atoms with E-state index < -0.39 is 6.10 Å². The predicted octanol–water partition coefficient (Wildman–Crippen LogP) is 3.54. The van der Waals surface area contributed by atoms with Crippen molar-refractivity contribution < 1.29 is 14.2 Å². The highest BCUT2D eigenvalue weighted by molar-refractivity contribution is 5.47. The minimum atomic E-state index is -0.474. The van der Waals surface area contributed by atoms with Gasteiger partial charge in [0, 0.05) is 32.7 Å². The zero-order chi connectivity index (χ0) is 19.4. The largest absolute Gasteiger partial charge is 0.389 e. The first-order valence-corrected chi connectivity index (χ1v) is 10.4. The van der Waals surface area contributed by atoms with Gasteiger partial charge in [-0.05, 0) is 36.3 Å². The number of aliphatic hydroxyl groups excluding tert-OH is 1. The molecule has 0 spiro atoms. The Morgan fingerprint density at radius 1 is 1.22 bits per heavy atom. The average Bonchev–Trinajstić information content (AvgIpc) is 2.64. The van der Waals surface area contributed by atoms with E-state index in [4.69, 9.17) is 4.74 Å². The summed E-state index contributed by atoms with van der Waals surface area (Å²) in [6.45, 7) is 11.1. The van der Waals surface area contributed by atoms with Gasteiger partial charge in [0.05, 0.1) is 24.5 Å². The molecule has 1 aliphatic heterocycles. The Morgan fingerprint density at radius 3 is 2.63 bits per heavy atom. The molecule has 4 nitrogen and oxygen atoms in total. The maximum Gasteiger partial charge on any atom is 0.146 e. The van der Waals surface area contributed by atoms with Crippen LogP contribution in [0, 0.1) is 17.2 Å². The molecule has 1 saturated carbocycles. The molecule has 0 amide bonds. The second-order valence-corrected chi connectivity index (χ2v) is 9.08. The number of benzene rings is 1. The summed E-state index contributed by atoms with van der Waals surface area (Å²) in [6.07, 6.45) is 3.29. The van der Waals surface area contributed by atoms with E-state index in [-0.39, 0.29) is 17.3 Å². The van der Waals surface area contributed by atoms with E-state index in [2.05, 4.69) is 30.6 Å². The summed E-state index contributed by atoms with van der Waals surface area (Å²) in [5.41, 5.74) is 0.868. The summed E-state index contributed by atoms with van der Waals surface area (Å²) < 4.78 is 20.1. The van der Waals surface area contributed by atoms with E-state index in [0.29, 0.717) is 24.8 Å². The van der Waals surface area contributed by atoms with E-state index in [1.54, 1.807) is 6.07 Å². The van der Waals surface area contributed by atoms with E-state index in [1.165, 1.54) is 18.9 Å². The second kappa shape index (κ2) is 8.89. The first-order valence-electron chi connectivity index (χ1n) is 10.4. The van der Waals surface area contributed by atoms with Gasteiger partial charge in [-0.3, -0.25) is 4.90 Å². The normalized spacial score (nSPS) is 27.5. The molecule has 0 bridgehead atoms. The Morgan fingerprint density at radius 2 is 1.93 bits per heavy atom. The fraction of sp³-hybridized carbons (Fsp3) is 0.727. The van der Waals surface area contributed by atoms with Crippen molar-refractivity contribution in [2.45, 2.75) is 52.2 Å². The molecule has 2 aliphatic rings. The average molecular weight is 379 g/mol. The van der Waals surface area contributed by atoms with E-state index in [0.717, 1.165) is 32.6 Å². The van der Waals surface area contributed by atoms with Crippen LogP contribution in [0.25, 0.3) is 0 Å². The van der Waals surface area contributed by atoms with Crippen LogP contribution in [-0.2, 0) is 4.74 Å². The Kier molecular flexibility index (Phi) is 6.77. The third-order valence-corrected chi connectivity index (χ3v) is 6.29. The van der Waals surface area contributed by atoms with Gasteiger partial charge in [0.25, 0.3) is 0 Å². The number of anilines is 1. The summed E-state index contributed by atoms with van der Waals surface area (Å²) >= 11 is 0.